The Morgan fingerprint density at radius 2 is 1.89 bits per heavy atom. The summed E-state index contributed by atoms with van der Waals surface area (Å²) in [5.74, 6) is -0.191. The van der Waals surface area contributed by atoms with Gasteiger partial charge in [0.1, 0.15) is 5.69 Å². The molecule has 27 heavy (non-hydrogen) atoms. The van der Waals surface area contributed by atoms with E-state index in [9.17, 15) is 9.59 Å². The Bertz CT molecular complexity index is 1070. The van der Waals surface area contributed by atoms with Gasteiger partial charge in [0, 0.05) is 28.9 Å². The molecule has 0 bridgehead atoms. The predicted molar refractivity (Wildman–Crippen MR) is 108 cm³/mol. The van der Waals surface area contributed by atoms with Gasteiger partial charge in [-0.3, -0.25) is 14.6 Å². The Kier molecular flexibility index (Phi) is 4.83. The molecule has 0 fully saturated rings. The molecule has 3 aromatic rings. The molecule has 1 aromatic carbocycles. The maximum absolute atomic E-state index is 13.0. The number of ketones is 1. The van der Waals surface area contributed by atoms with Gasteiger partial charge in [-0.15, -0.1) is 0 Å². The van der Waals surface area contributed by atoms with E-state index in [1.165, 1.54) is 11.6 Å². The largest absolute Gasteiger partial charge is 0.349 e. The lowest BCUT2D eigenvalue weighted by molar-refractivity contribution is 0.101. The van der Waals surface area contributed by atoms with Crippen molar-refractivity contribution in [3.8, 4) is 0 Å². The molecule has 0 spiro atoms. The standard InChI is InChI=1S/C21H24N4O2/c1-6-25-20(27)18(17(13(2)26)19(24-25)21(3,4)5)23-16-12-22-11-14-9-7-8-10-15(14)16/h7-12,23H,6H2,1-5H3. The molecular weight excluding hydrogens is 340 g/mol. The molecule has 2 heterocycles. The highest BCUT2D eigenvalue weighted by Crippen LogP contribution is 2.30. The molecule has 2 aromatic heterocycles. The zero-order valence-electron chi connectivity index (χ0n) is 16.3. The van der Waals surface area contributed by atoms with Crippen LogP contribution in [0.25, 0.3) is 10.8 Å². The summed E-state index contributed by atoms with van der Waals surface area (Å²) in [7, 11) is 0. The maximum Gasteiger partial charge on any atom is 0.291 e. The van der Waals surface area contributed by atoms with Crippen molar-refractivity contribution in [1.29, 1.82) is 0 Å². The van der Waals surface area contributed by atoms with Crippen molar-refractivity contribution in [3.05, 3.63) is 58.3 Å². The van der Waals surface area contributed by atoms with Crippen molar-refractivity contribution in [2.45, 2.75) is 46.6 Å². The third-order valence-corrected chi connectivity index (χ3v) is 4.45. The molecule has 0 aliphatic rings. The molecule has 6 heteroatoms. The number of carbonyl (C=O) groups is 1. The molecule has 0 unspecified atom stereocenters. The number of nitrogens with zero attached hydrogens (tertiary/aromatic N) is 3. The second kappa shape index (κ2) is 6.95. The van der Waals surface area contributed by atoms with Crippen molar-refractivity contribution in [2.24, 2.45) is 0 Å². The zero-order valence-corrected chi connectivity index (χ0v) is 16.3. The van der Waals surface area contributed by atoms with Crippen LogP contribution in [0.3, 0.4) is 0 Å². The second-order valence-electron chi connectivity index (χ2n) is 7.56. The summed E-state index contributed by atoms with van der Waals surface area (Å²) in [6.45, 7) is 9.69. The van der Waals surface area contributed by atoms with Crippen molar-refractivity contribution in [1.82, 2.24) is 14.8 Å². The van der Waals surface area contributed by atoms with Crippen LogP contribution >= 0.6 is 0 Å². The van der Waals surface area contributed by atoms with E-state index in [1.807, 2.05) is 52.0 Å². The van der Waals surface area contributed by atoms with Crippen molar-refractivity contribution < 1.29 is 4.79 Å². The van der Waals surface area contributed by atoms with Gasteiger partial charge < -0.3 is 5.32 Å². The van der Waals surface area contributed by atoms with E-state index in [2.05, 4.69) is 15.4 Å². The fourth-order valence-corrected chi connectivity index (χ4v) is 3.12. The first kappa shape index (κ1) is 18.8. The monoisotopic (exact) mass is 364 g/mol. The number of pyridine rings is 1. The Balaban J connectivity index is 2.31. The van der Waals surface area contributed by atoms with Crippen LogP contribution in [0.2, 0.25) is 0 Å². The molecule has 0 aliphatic heterocycles. The van der Waals surface area contributed by atoms with Crippen LogP contribution in [0.5, 0.6) is 0 Å². The first-order chi connectivity index (χ1) is 12.7. The molecule has 0 saturated heterocycles. The minimum atomic E-state index is -0.390. The lowest BCUT2D eigenvalue weighted by Gasteiger charge is -2.24. The van der Waals surface area contributed by atoms with E-state index in [0.29, 0.717) is 23.5 Å². The van der Waals surface area contributed by atoms with Crippen LogP contribution in [0.4, 0.5) is 11.4 Å². The fourth-order valence-electron chi connectivity index (χ4n) is 3.12. The smallest absolute Gasteiger partial charge is 0.291 e. The predicted octanol–water partition coefficient (Wildman–Crippen LogP) is 4.06. The quantitative estimate of drug-likeness (QED) is 0.707. The number of aromatic nitrogens is 3. The number of aryl methyl sites for hydroxylation is 1. The third-order valence-electron chi connectivity index (χ3n) is 4.45. The molecule has 0 saturated carbocycles. The average molecular weight is 364 g/mol. The van der Waals surface area contributed by atoms with Gasteiger partial charge in [-0.25, -0.2) is 4.68 Å². The summed E-state index contributed by atoms with van der Waals surface area (Å²) in [5.41, 5.74) is 1.17. The van der Waals surface area contributed by atoms with Gasteiger partial charge in [-0.1, -0.05) is 45.0 Å². The van der Waals surface area contributed by atoms with Crippen molar-refractivity contribution >= 4 is 27.9 Å². The first-order valence-corrected chi connectivity index (χ1v) is 9.00. The second-order valence-corrected chi connectivity index (χ2v) is 7.56. The number of hydrogen-bond acceptors (Lipinski definition) is 5. The summed E-state index contributed by atoms with van der Waals surface area (Å²) in [4.78, 5) is 29.8. The fraction of sp³-hybridized carbons (Fsp3) is 0.333. The number of benzene rings is 1. The SMILES string of the molecule is CCn1nc(C(C)(C)C)c(C(C)=O)c(Nc2cncc3ccccc23)c1=O. The summed E-state index contributed by atoms with van der Waals surface area (Å²) in [6, 6.07) is 7.77. The van der Waals surface area contributed by atoms with Crippen LogP contribution in [0, 0.1) is 0 Å². The Hall–Kier alpha value is -3.02. The average Bonchev–Trinajstić information content (AvgIpc) is 2.62. The number of anilines is 2. The van der Waals surface area contributed by atoms with Crippen LogP contribution in [-0.4, -0.2) is 20.5 Å². The summed E-state index contributed by atoms with van der Waals surface area (Å²) in [6.07, 6.45) is 3.43. The molecule has 6 nitrogen and oxygen atoms in total. The van der Waals surface area contributed by atoms with E-state index in [0.717, 1.165) is 10.8 Å². The van der Waals surface area contributed by atoms with E-state index in [4.69, 9.17) is 0 Å². The number of hydrogen-bond donors (Lipinski definition) is 1. The molecule has 0 amide bonds. The third kappa shape index (κ3) is 3.47. The molecule has 1 N–H and O–H groups in total. The molecule has 140 valence electrons. The lowest BCUT2D eigenvalue weighted by atomic mass is 9.87. The molecule has 0 atom stereocenters. The molecular formula is C21H24N4O2. The highest BCUT2D eigenvalue weighted by molar-refractivity contribution is 6.03. The van der Waals surface area contributed by atoms with Gasteiger partial charge in [0.05, 0.1) is 23.1 Å². The normalized spacial score (nSPS) is 11.6. The summed E-state index contributed by atoms with van der Waals surface area (Å²) >= 11 is 0. The lowest BCUT2D eigenvalue weighted by Crippen LogP contribution is -2.32. The molecule has 0 radical (unpaired) electrons. The van der Waals surface area contributed by atoms with Crippen LogP contribution in [0.15, 0.2) is 41.5 Å². The van der Waals surface area contributed by atoms with Crippen molar-refractivity contribution in [3.63, 3.8) is 0 Å². The highest BCUT2D eigenvalue weighted by Gasteiger charge is 2.28. The van der Waals surface area contributed by atoms with Gasteiger partial charge in [0.2, 0.25) is 0 Å². The van der Waals surface area contributed by atoms with Gasteiger partial charge in [0.15, 0.2) is 5.78 Å². The van der Waals surface area contributed by atoms with E-state index in [1.54, 1.807) is 12.4 Å². The molecule has 3 rings (SSSR count). The van der Waals surface area contributed by atoms with E-state index < -0.39 is 0 Å². The zero-order chi connectivity index (χ0) is 19.8. The Morgan fingerprint density at radius 1 is 1.19 bits per heavy atom. The van der Waals surface area contributed by atoms with Gasteiger partial charge in [-0.05, 0) is 13.8 Å². The Labute approximate surface area is 158 Å². The Morgan fingerprint density at radius 3 is 2.52 bits per heavy atom. The van der Waals surface area contributed by atoms with Gasteiger partial charge >= 0.3 is 0 Å². The van der Waals surface area contributed by atoms with E-state index in [-0.39, 0.29) is 22.4 Å². The summed E-state index contributed by atoms with van der Waals surface area (Å²) in [5, 5.41) is 9.55. The number of fused-ring (bicyclic) bond motifs is 1. The number of nitrogens with one attached hydrogen (secondary N) is 1. The molecule has 0 aliphatic carbocycles. The van der Waals surface area contributed by atoms with Gasteiger partial charge in [-0.2, -0.15) is 5.10 Å². The van der Waals surface area contributed by atoms with Crippen LogP contribution < -0.4 is 10.9 Å². The van der Waals surface area contributed by atoms with E-state index >= 15 is 0 Å². The summed E-state index contributed by atoms with van der Waals surface area (Å²) < 4.78 is 1.40. The van der Waals surface area contributed by atoms with Gasteiger partial charge in [0.25, 0.3) is 5.56 Å². The number of rotatable bonds is 4. The first-order valence-electron chi connectivity index (χ1n) is 9.00. The topological polar surface area (TPSA) is 76.9 Å². The van der Waals surface area contributed by atoms with Crippen molar-refractivity contribution in [2.75, 3.05) is 5.32 Å². The maximum atomic E-state index is 13.0. The number of carbonyl (C=O) groups excluding carboxylic acids is 1. The van der Waals surface area contributed by atoms with Crippen LogP contribution in [-0.2, 0) is 12.0 Å². The number of Topliss-reactive ketones (excluding diaryl/α,β-unsaturated/α-hetero) is 1. The minimum absolute atomic E-state index is 0.191. The van der Waals surface area contributed by atoms with Crippen LogP contribution in [0.1, 0.15) is 50.7 Å². The minimum Gasteiger partial charge on any atom is -0.349 e. The highest BCUT2D eigenvalue weighted by atomic mass is 16.1.